The standard InChI is InChI=1S/C14H24N4/c1-4-11-6-5-7-12(8-11)18-14-9(2)13(15)16-10(3)17-14/h11-12H,4-8H2,1-3H3,(H3,15,16,17,18). The van der Waals surface area contributed by atoms with Crippen molar-refractivity contribution in [3.05, 3.63) is 11.4 Å². The van der Waals surface area contributed by atoms with Crippen molar-refractivity contribution in [1.82, 2.24) is 9.97 Å². The number of aromatic nitrogens is 2. The molecule has 1 saturated carbocycles. The van der Waals surface area contributed by atoms with Crippen LogP contribution in [0.4, 0.5) is 11.6 Å². The highest BCUT2D eigenvalue weighted by Gasteiger charge is 2.21. The van der Waals surface area contributed by atoms with Crippen molar-refractivity contribution in [3.63, 3.8) is 0 Å². The number of nitrogen functional groups attached to an aromatic ring is 1. The van der Waals surface area contributed by atoms with Gasteiger partial charge in [-0.05, 0) is 32.6 Å². The van der Waals surface area contributed by atoms with Gasteiger partial charge in [0.25, 0.3) is 0 Å². The van der Waals surface area contributed by atoms with Gasteiger partial charge in [0.2, 0.25) is 0 Å². The maximum atomic E-state index is 5.89. The molecule has 0 amide bonds. The molecule has 0 radical (unpaired) electrons. The molecule has 1 heterocycles. The van der Waals surface area contributed by atoms with Crippen LogP contribution in [-0.2, 0) is 0 Å². The number of hydrogen-bond donors (Lipinski definition) is 2. The van der Waals surface area contributed by atoms with Crippen molar-refractivity contribution in [3.8, 4) is 0 Å². The molecule has 2 unspecified atom stereocenters. The molecule has 2 atom stereocenters. The van der Waals surface area contributed by atoms with Crippen LogP contribution >= 0.6 is 0 Å². The summed E-state index contributed by atoms with van der Waals surface area (Å²) in [6.07, 6.45) is 6.45. The smallest absolute Gasteiger partial charge is 0.134 e. The third kappa shape index (κ3) is 2.92. The molecular weight excluding hydrogens is 224 g/mol. The average molecular weight is 248 g/mol. The quantitative estimate of drug-likeness (QED) is 0.863. The molecule has 1 fully saturated rings. The summed E-state index contributed by atoms with van der Waals surface area (Å²) in [4.78, 5) is 8.66. The topological polar surface area (TPSA) is 63.8 Å². The van der Waals surface area contributed by atoms with E-state index in [1.807, 2.05) is 13.8 Å². The van der Waals surface area contributed by atoms with E-state index in [9.17, 15) is 0 Å². The first-order chi connectivity index (χ1) is 8.60. The van der Waals surface area contributed by atoms with Crippen molar-refractivity contribution >= 4 is 11.6 Å². The van der Waals surface area contributed by atoms with Gasteiger partial charge in [-0.2, -0.15) is 0 Å². The van der Waals surface area contributed by atoms with Gasteiger partial charge in [0.1, 0.15) is 17.5 Å². The van der Waals surface area contributed by atoms with Crippen LogP contribution in [0.3, 0.4) is 0 Å². The molecule has 0 aromatic carbocycles. The molecule has 100 valence electrons. The Labute approximate surface area is 109 Å². The SMILES string of the molecule is CCC1CCCC(Nc2nc(C)nc(N)c2C)C1. The molecule has 0 aliphatic heterocycles. The number of hydrogen-bond acceptors (Lipinski definition) is 4. The minimum absolute atomic E-state index is 0.538. The van der Waals surface area contributed by atoms with Crippen molar-refractivity contribution in [1.29, 1.82) is 0 Å². The Morgan fingerprint density at radius 3 is 2.78 bits per heavy atom. The maximum absolute atomic E-state index is 5.89. The maximum Gasteiger partial charge on any atom is 0.134 e. The molecule has 1 aromatic heterocycles. The Balaban J connectivity index is 2.09. The first-order valence-corrected chi connectivity index (χ1v) is 6.97. The van der Waals surface area contributed by atoms with E-state index >= 15 is 0 Å². The van der Waals surface area contributed by atoms with E-state index < -0.39 is 0 Å². The summed E-state index contributed by atoms with van der Waals surface area (Å²) in [6.45, 7) is 6.15. The second-order valence-electron chi connectivity index (χ2n) is 5.41. The zero-order valence-electron chi connectivity index (χ0n) is 11.7. The third-order valence-electron chi connectivity index (χ3n) is 4.00. The van der Waals surface area contributed by atoms with Crippen LogP contribution in [-0.4, -0.2) is 16.0 Å². The molecule has 18 heavy (non-hydrogen) atoms. The lowest BCUT2D eigenvalue weighted by Gasteiger charge is -2.30. The van der Waals surface area contributed by atoms with E-state index in [-0.39, 0.29) is 0 Å². The first-order valence-electron chi connectivity index (χ1n) is 6.97. The Bertz CT molecular complexity index is 417. The van der Waals surface area contributed by atoms with Crippen LogP contribution in [0.25, 0.3) is 0 Å². The van der Waals surface area contributed by atoms with Gasteiger partial charge >= 0.3 is 0 Å². The number of rotatable bonds is 3. The molecular formula is C14H24N4. The van der Waals surface area contributed by atoms with Crippen molar-refractivity contribution < 1.29 is 0 Å². The van der Waals surface area contributed by atoms with Gasteiger partial charge in [-0.3, -0.25) is 0 Å². The summed E-state index contributed by atoms with van der Waals surface area (Å²) in [5.74, 6) is 3.11. The normalized spacial score (nSPS) is 23.9. The highest BCUT2D eigenvalue weighted by molar-refractivity contribution is 5.55. The third-order valence-corrected chi connectivity index (χ3v) is 4.00. The van der Waals surface area contributed by atoms with Crippen LogP contribution < -0.4 is 11.1 Å². The summed E-state index contributed by atoms with van der Waals surface area (Å²) in [5.41, 5.74) is 6.86. The fraction of sp³-hybridized carbons (Fsp3) is 0.714. The minimum atomic E-state index is 0.538. The molecule has 2 rings (SSSR count). The minimum Gasteiger partial charge on any atom is -0.383 e. The predicted octanol–water partition coefficient (Wildman–Crippen LogP) is 3.06. The van der Waals surface area contributed by atoms with Gasteiger partial charge in [-0.15, -0.1) is 0 Å². The molecule has 1 aliphatic rings. The highest BCUT2D eigenvalue weighted by atomic mass is 15.1. The number of nitrogens with zero attached hydrogens (tertiary/aromatic N) is 2. The van der Waals surface area contributed by atoms with Gasteiger partial charge in [-0.1, -0.05) is 26.2 Å². The summed E-state index contributed by atoms with van der Waals surface area (Å²) < 4.78 is 0. The van der Waals surface area contributed by atoms with Gasteiger partial charge in [0.05, 0.1) is 0 Å². The van der Waals surface area contributed by atoms with E-state index in [4.69, 9.17) is 5.73 Å². The van der Waals surface area contributed by atoms with E-state index in [0.717, 1.165) is 23.1 Å². The summed E-state index contributed by atoms with van der Waals surface area (Å²) in [6, 6.07) is 0.538. The van der Waals surface area contributed by atoms with Crippen LogP contribution in [0.5, 0.6) is 0 Å². The number of aryl methyl sites for hydroxylation is 1. The Kier molecular flexibility index (Phi) is 4.04. The number of anilines is 2. The Morgan fingerprint density at radius 1 is 1.28 bits per heavy atom. The van der Waals surface area contributed by atoms with Crippen molar-refractivity contribution in [2.75, 3.05) is 11.1 Å². The Morgan fingerprint density at radius 2 is 2.06 bits per heavy atom. The molecule has 0 bridgehead atoms. The molecule has 0 saturated heterocycles. The Hall–Kier alpha value is -1.32. The number of nitrogens with one attached hydrogen (secondary N) is 1. The largest absolute Gasteiger partial charge is 0.383 e. The van der Waals surface area contributed by atoms with Crippen molar-refractivity contribution in [2.45, 2.75) is 58.9 Å². The van der Waals surface area contributed by atoms with Crippen LogP contribution in [0, 0.1) is 19.8 Å². The average Bonchev–Trinajstić information content (AvgIpc) is 2.35. The second kappa shape index (κ2) is 5.55. The molecule has 4 nitrogen and oxygen atoms in total. The molecule has 1 aliphatic carbocycles. The van der Waals surface area contributed by atoms with E-state index in [0.29, 0.717) is 11.9 Å². The van der Waals surface area contributed by atoms with Crippen LogP contribution in [0.1, 0.15) is 50.4 Å². The van der Waals surface area contributed by atoms with Gasteiger partial charge in [-0.25, -0.2) is 9.97 Å². The zero-order chi connectivity index (χ0) is 13.1. The fourth-order valence-corrected chi connectivity index (χ4v) is 2.78. The lowest BCUT2D eigenvalue weighted by Crippen LogP contribution is -2.28. The molecule has 4 heteroatoms. The first kappa shape index (κ1) is 13.1. The van der Waals surface area contributed by atoms with Gasteiger partial charge < -0.3 is 11.1 Å². The molecule has 0 spiro atoms. The highest BCUT2D eigenvalue weighted by Crippen LogP contribution is 2.29. The predicted molar refractivity (Wildman–Crippen MR) is 75.6 cm³/mol. The summed E-state index contributed by atoms with van der Waals surface area (Å²) in [5, 5.41) is 3.56. The fourth-order valence-electron chi connectivity index (χ4n) is 2.78. The number of nitrogens with two attached hydrogens (primary N) is 1. The lowest BCUT2D eigenvalue weighted by molar-refractivity contribution is 0.327. The summed E-state index contributed by atoms with van der Waals surface area (Å²) in [7, 11) is 0. The zero-order valence-corrected chi connectivity index (χ0v) is 11.7. The summed E-state index contributed by atoms with van der Waals surface area (Å²) >= 11 is 0. The van der Waals surface area contributed by atoms with Crippen molar-refractivity contribution in [2.24, 2.45) is 5.92 Å². The van der Waals surface area contributed by atoms with E-state index in [2.05, 4.69) is 22.2 Å². The van der Waals surface area contributed by atoms with Gasteiger partial charge in [0, 0.05) is 11.6 Å². The van der Waals surface area contributed by atoms with Crippen LogP contribution in [0.15, 0.2) is 0 Å². The van der Waals surface area contributed by atoms with E-state index in [1.54, 1.807) is 0 Å². The van der Waals surface area contributed by atoms with Gasteiger partial charge in [0.15, 0.2) is 0 Å². The monoisotopic (exact) mass is 248 g/mol. The lowest BCUT2D eigenvalue weighted by atomic mass is 9.84. The molecule has 1 aromatic rings. The van der Waals surface area contributed by atoms with Crippen LogP contribution in [0.2, 0.25) is 0 Å². The van der Waals surface area contributed by atoms with E-state index in [1.165, 1.54) is 32.1 Å². The second-order valence-corrected chi connectivity index (χ2v) is 5.41. The molecule has 3 N–H and O–H groups in total.